The predicted octanol–water partition coefficient (Wildman–Crippen LogP) is 3.64. The lowest BCUT2D eigenvalue weighted by molar-refractivity contribution is 0.543. The zero-order valence-corrected chi connectivity index (χ0v) is 11.7. The van der Waals surface area contributed by atoms with Crippen LogP contribution in [0.5, 0.6) is 0 Å². The summed E-state index contributed by atoms with van der Waals surface area (Å²) in [6.45, 7) is 9.34. The second-order valence-corrected chi connectivity index (χ2v) is 4.72. The van der Waals surface area contributed by atoms with Gasteiger partial charge >= 0.3 is 0 Å². The summed E-state index contributed by atoms with van der Waals surface area (Å²) in [7, 11) is 0. The number of hydrogen-bond donors (Lipinski definition) is 1. The van der Waals surface area contributed by atoms with Gasteiger partial charge in [0.05, 0.1) is 11.0 Å². The smallest absolute Gasteiger partial charge is 0.0890 e. The van der Waals surface area contributed by atoms with Crippen LogP contribution < -0.4 is 5.32 Å². The zero-order chi connectivity index (χ0) is 13.7. The van der Waals surface area contributed by atoms with Gasteiger partial charge in [0.25, 0.3) is 0 Å². The van der Waals surface area contributed by atoms with Crippen LogP contribution in [-0.2, 0) is 0 Å². The van der Waals surface area contributed by atoms with Gasteiger partial charge in [-0.05, 0) is 37.1 Å². The van der Waals surface area contributed by atoms with Crippen LogP contribution in [0.4, 0.5) is 0 Å². The number of rotatable bonds is 6. The van der Waals surface area contributed by atoms with Gasteiger partial charge in [-0.25, -0.2) is 0 Å². The van der Waals surface area contributed by atoms with E-state index >= 15 is 0 Å². The first-order valence-electron chi connectivity index (χ1n) is 6.85. The molecule has 1 N–H and O–H groups in total. The van der Waals surface area contributed by atoms with Gasteiger partial charge in [0.1, 0.15) is 0 Å². The molecule has 0 saturated heterocycles. The number of aromatic nitrogens is 2. The van der Waals surface area contributed by atoms with Crippen molar-refractivity contribution in [3.8, 4) is 0 Å². The SMILES string of the molecule is C=C(CC)CC(NCC)c1ccc2nccnc2c1. The molecule has 1 heterocycles. The summed E-state index contributed by atoms with van der Waals surface area (Å²) in [5, 5.41) is 3.52. The van der Waals surface area contributed by atoms with Crippen molar-refractivity contribution in [2.24, 2.45) is 0 Å². The quantitative estimate of drug-likeness (QED) is 0.801. The van der Waals surface area contributed by atoms with E-state index in [1.54, 1.807) is 12.4 Å². The topological polar surface area (TPSA) is 37.8 Å². The minimum absolute atomic E-state index is 0.309. The summed E-state index contributed by atoms with van der Waals surface area (Å²) in [5.74, 6) is 0. The highest BCUT2D eigenvalue weighted by Gasteiger charge is 2.12. The van der Waals surface area contributed by atoms with Crippen molar-refractivity contribution >= 4 is 11.0 Å². The third kappa shape index (κ3) is 3.38. The molecule has 0 saturated carbocycles. The fraction of sp³-hybridized carbons (Fsp3) is 0.375. The first-order valence-corrected chi connectivity index (χ1v) is 6.85. The van der Waals surface area contributed by atoms with E-state index in [2.05, 4.69) is 47.8 Å². The molecule has 19 heavy (non-hydrogen) atoms. The Bertz CT molecular complexity index is 563. The minimum Gasteiger partial charge on any atom is -0.310 e. The molecule has 0 radical (unpaired) electrons. The summed E-state index contributed by atoms with van der Waals surface area (Å²) >= 11 is 0. The molecule has 3 heteroatoms. The Balaban J connectivity index is 2.30. The lowest BCUT2D eigenvalue weighted by Crippen LogP contribution is -2.21. The van der Waals surface area contributed by atoms with E-state index in [9.17, 15) is 0 Å². The Morgan fingerprint density at radius 2 is 1.95 bits per heavy atom. The van der Waals surface area contributed by atoms with Gasteiger partial charge in [0, 0.05) is 18.4 Å². The second kappa shape index (κ2) is 6.43. The van der Waals surface area contributed by atoms with Gasteiger partial charge in [-0.3, -0.25) is 9.97 Å². The Morgan fingerprint density at radius 3 is 2.63 bits per heavy atom. The first kappa shape index (κ1) is 13.7. The van der Waals surface area contributed by atoms with Crippen LogP contribution in [0.1, 0.15) is 38.3 Å². The number of nitrogens with one attached hydrogen (secondary N) is 1. The molecular weight excluding hydrogens is 234 g/mol. The van der Waals surface area contributed by atoms with Crippen molar-refractivity contribution in [2.75, 3.05) is 6.54 Å². The lowest BCUT2D eigenvalue weighted by Gasteiger charge is -2.19. The minimum atomic E-state index is 0.309. The Morgan fingerprint density at radius 1 is 1.21 bits per heavy atom. The highest BCUT2D eigenvalue weighted by atomic mass is 14.9. The van der Waals surface area contributed by atoms with Crippen molar-refractivity contribution in [3.63, 3.8) is 0 Å². The number of fused-ring (bicyclic) bond motifs is 1. The van der Waals surface area contributed by atoms with Crippen LogP contribution >= 0.6 is 0 Å². The van der Waals surface area contributed by atoms with Crippen LogP contribution in [0.15, 0.2) is 42.7 Å². The van der Waals surface area contributed by atoms with E-state index in [0.717, 1.165) is 30.4 Å². The van der Waals surface area contributed by atoms with Crippen LogP contribution in [0.2, 0.25) is 0 Å². The summed E-state index contributed by atoms with van der Waals surface area (Å²) in [4.78, 5) is 8.68. The standard InChI is InChI=1S/C16H21N3/c1-4-12(3)10-15(17-5-2)13-6-7-14-16(11-13)19-9-8-18-14/h6-9,11,15,17H,3-5,10H2,1-2H3. The normalized spacial score (nSPS) is 12.5. The third-order valence-corrected chi connectivity index (χ3v) is 3.34. The van der Waals surface area contributed by atoms with E-state index < -0.39 is 0 Å². The fourth-order valence-electron chi connectivity index (χ4n) is 2.18. The van der Waals surface area contributed by atoms with Crippen LogP contribution in [0, 0.1) is 0 Å². The third-order valence-electron chi connectivity index (χ3n) is 3.34. The van der Waals surface area contributed by atoms with Crippen molar-refractivity contribution in [1.29, 1.82) is 0 Å². The molecule has 0 spiro atoms. The molecule has 1 unspecified atom stereocenters. The van der Waals surface area contributed by atoms with Crippen LogP contribution in [-0.4, -0.2) is 16.5 Å². The average Bonchev–Trinajstić information content (AvgIpc) is 2.46. The maximum absolute atomic E-state index is 4.37. The molecule has 2 aromatic rings. The number of nitrogens with zero attached hydrogens (tertiary/aromatic N) is 2. The molecule has 0 bridgehead atoms. The summed E-state index contributed by atoms with van der Waals surface area (Å²) < 4.78 is 0. The molecule has 0 fully saturated rings. The number of hydrogen-bond acceptors (Lipinski definition) is 3. The van der Waals surface area contributed by atoms with Crippen LogP contribution in [0.25, 0.3) is 11.0 Å². The summed E-state index contributed by atoms with van der Waals surface area (Å²) in [6, 6.07) is 6.60. The maximum Gasteiger partial charge on any atom is 0.0890 e. The molecule has 0 aliphatic rings. The Kier molecular flexibility index (Phi) is 4.63. The van der Waals surface area contributed by atoms with Crippen molar-refractivity contribution < 1.29 is 0 Å². The highest BCUT2D eigenvalue weighted by molar-refractivity contribution is 5.74. The molecule has 1 aromatic heterocycles. The molecule has 100 valence electrons. The van der Waals surface area contributed by atoms with Gasteiger partial charge in [-0.2, -0.15) is 0 Å². The summed E-state index contributed by atoms with van der Waals surface area (Å²) in [5.41, 5.74) is 4.41. The molecule has 0 amide bonds. The van der Waals surface area contributed by atoms with E-state index in [1.807, 2.05) is 6.07 Å². The summed E-state index contributed by atoms with van der Waals surface area (Å²) in [6.07, 6.45) is 5.45. The van der Waals surface area contributed by atoms with Crippen LogP contribution in [0.3, 0.4) is 0 Å². The van der Waals surface area contributed by atoms with Gasteiger partial charge in [-0.15, -0.1) is 0 Å². The average molecular weight is 255 g/mol. The van der Waals surface area contributed by atoms with E-state index in [1.165, 1.54) is 11.1 Å². The molecule has 0 aliphatic carbocycles. The number of benzene rings is 1. The molecule has 2 rings (SSSR count). The van der Waals surface area contributed by atoms with Gasteiger partial charge < -0.3 is 5.32 Å². The predicted molar refractivity (Wildman–Crippen MR) is 80.0 cm³/mol. The monoisotopic (exact) mass is 255 g/mol. The van der Waals surface area contributed by atoms with Gasteiger partial charge in [0.15, 0.2) is 0 Å². The zero-order valence-electron chi connectivity index (χ0n) is 11.7. The van der Waals surface area contributed by atoms with Gasteiger partial charge in [-0.1, -0.05) is 32.1 Å². The second-order valence-electron chi connectivity index (χ2n) is 4.72. The molecular formula is C16H21N3. The van der Waals surface area contributed by atoms with E-state index in [4.69, 9.17) is 0 Å². The van der Waals surface area contributed by atoms with Crippen molar-refractivity contribution in [3.05, 3.63) is 48.3 Å². The first-order chi connectivity index (χ1) is 9.24. The van der Waals surface area contributed by atoms with Crippen molar-refractivity contribution in [2.45, 2.75) is 32.7 Å². The van der Waals surface area contributed by atoms with Crippen molar-refractivity contribution in [1.82, 2.24) is 15.3 Å². The highest BCUT2D eigenvalue weighted by Crippen LogP contribution is 2.24. The van der Waals surface area contributed by atoms with E-state index in [0.29, 0.717) is 6.04 Å². The van der Waals surface area contributed by atoms with E-state index in [-0.39, 0.29) is 0 Å². The molecule has 0 aliphatic heterocycles. The molecule has 1 atom stereocenters. The Labute approximate surface area is 114 Å². The largest absolute Gasteiger partial charge is 0.310 e. The molecule has 3 nitrogen and oxygen atoms in total. The Hall–Kier alpha value is -1.74. The van der Waals surface area contributed by atoms with Gasteiger partial charge in [0.2, 0.25) is 0 Å². The molecule has 1 aromatic carbocycles. The lowest BCUT2D eigenvalue weighted by atomic mass is 9.98. The fourth-order valence-corrected chi connectivity index (χ4v) is 2.18. The maximum atomic E-state index is 4.37.